The zero-order chi connectivity index (χ0) is 14.8. The van der Waals surface area contributed by atoms with Gasteiger partial charge in [0, 0.05) is 11.3 Å². The average Bonchev–Trinajstić information content (AvgIpc) is 3.19. The first-order valence-corrected chi connectivity index (χ1v) is 7.34. The van der Waals surface area contributed by atoms with E-state index in [1.54, 1.807) is 11.8 Å². The molecule has 0 unspecified atom stereocenters. The van der Waals surface area contributed by atoms with E-state index >= 15 is 0 Å². The van der Waals surface area contributed by atoms with Gasteiger partial charge in [-0.3, -0.25) is 0 Å². The number of thioether (sulfide) groups is 1. The van der Waals surface area contributed by atoms with Crippen molar-refractivity contribution in [2.45, 2.75) is 17.6 Å². The molecule has 2 rings (SSSR count). The Morgan fingerprint density at radius 2 is 2.10 bits per heavy atom. The van der Waals surface area contributed by atoms with Crippen LogP contribution in [0.3, 0.4) is 0 Å². The van der Waals surface area contributed by atoms with Gasteiger partial charge in [-0.2, -0.15) is 11.8 Å². The summed E-state index contributed by atoms with van der Waals surface area (Å²) in [6.45, 7) is 0.577. The van der Waals surface area contributed by atoms with E-state index in [9.17, 15) is 14.7 Å². The fourth-order valence-electron chi connectivity index (χ4n) is 1.77. The molecule has 0 aliphatic heterocycles. The topological polar surface area (TPSA) is 98.7 Å². The number of carbonyl (C=O) groups excluding carboxylic acids is 1. The van der Waals surface area contributed by atoms with Gasteiger partial charge in [0.25, 0.3) is 0 Å². The highest BCUT2D eigenvalue weighted by molar-refractivity contribution is 8.00. The minimum absolute atomic E-state index is 0.0345. The monoisotopic (exact) mass is 296 g/mol. The molecule has 108 valence electrons. The van der Waals surface area contributed by atoms with Crippen LogP contribution in [0, 0.1) is 0 Å². The van der Waals surface area contributed by atoms with Gasteiger partial charge >= 0.3 is 12.0 Å². The van der Waals surface area contributed by atoms with E-state index in [0.29, 0.717) is 6.54 Å². The zero-order valence-electron chi connectivity index (χ0n) is 11.0. The molecule has 1 aliphatic rings. The molecule has 2 amide bonds. The Labute approximate surface area is 120 Å². The molecule has 7 heteroatoms. The molecule has 1 saturated carbocycles. The number of urea groups is 1. The average molecular weight is 296 g/mol. The van der Waals surface area contributed by atoms with Crippen LogP contribution < -0.4 is 10.6 Å². The number of hydrogen-bond acceptors (Lipinski definition) is 4. The fourth-order valence-corrected chi connectivity index (χ4v) is 2.50. The molecule has 0 atom stereocenters. The molecule has 1 aromatic carbocycles. The molecule has 0 aromatic heterocycles. The van der Waals surface area contributed by atoms with E-state index in [0.717, 1.165) is 18.9 Å². The van der Waals surface area contributed by atoms with Gasteiger partial charge in [-0.15, -0.1) is 0 Å². The van der Waals surface area contributed by atoms with Crippen LogP contribution in [0.4, 0.5) is 10.5 Å². The second kappa shape index (κ2) is 5.62. The number of rotatable bonds is 5. The van der Waals surface area contributed by atoms with Crippen LogP contribution in [0.2, 0.25) is 0 Å². The lowest BCUT2D eigenvalue weighted by Gasteiger charge is -2.14. The van der Waals surface area contributed by atoms with Crippen molar-refractivity contribution in [2.75, 3.05) is 18.1 Å². The standard InChI is InChI=1S/C13H16N2O4S/c1-20-13(4-5-13)7-14-12(19)15-9-3-2-8(11(17)18)6-10(9)16/h2-3,6,16H,4-5,7H2,1H3,(H,17,18)(H2,14,15,19). The lowest BCUT2D eigenvalue weighted by molar-refractivity contribution is 0.0696. The Bertz CT molecular complexity index is 543. The van der Waals surface area contributed by atoms with Crippen molar-refractivity contribution in [2.24, 2.45) is 0 Å². The fraction of sp³-hybridized carbons (Fsp3) is 0.385. The number of nitrogens with one attached hydrogen (secondary N) is 2. The third-order valence-electron chi connectivity index (χ3n) is 3.30. The number of aromatic hydroxyl groups is 1. The Balaban J connectivity index is 1.92. The Morgan fingerprint density at radius 1 is 1.40 bits per heavy atom. The van der Waals surface area contributed by atoms with E-state index < -0.39 is 12.0 Å². The van der Waals surface area contributed by atoms with E-state index in [1.807, 2.05) is 6.26 Å². The van der Waals surface area contributed by atoms with Crippen LogP contribution in [0.1, 0.15) is 23.2 Å². The van der Waals surface area contributed by atoms with Gasteiger partial charge in [-0.1, -0.05) is 0 Å². The number of phenols is 1. The molecule has 0 radical (unpaired) electrons. The Hall–Kier alpha value is -1.89. The minimum Gasteiger partial charge on any atom is -0.506 e. The molecule has 0 bridgehead atoms. The predicted molar refractivity (Wildman–Crippen MR) is 77.6 cm³/mol. The maximum Gasteiger partial charge on any atom is 0.335 e. The molecule has 0 heterocycles. The predicted octanol–water partition coefficient (Wildman–Crippen LogP) is 2.11. The second-order valence-electron chi connectivity index (χ2n) is 4.73. The number of benzene rings is 1. The maximum atomic E-state index is 11.7. The van der Waals surface area contributed by atoms with Gasteiger partial charge in [0.1, 0.15) is 5.75 Å². The summed E-state index contributed by atoms with van der Waals surface area (Å²) in [6.07, 6.45) is 4.20. The molecule has 20 heavy (non-hydrogen) atoms. The van der Waals surface area contributed by atoms with E-state index in [-0.39, 0.29) is 21.7 Å². The summed E-state index contributed by atoms with van der Waals surface area (Å²) >= 11 is 1.74. The summed E-state index contributed by atoms with van der Waals surface area (Å²) in [5.41, 5.74) is 0.147. The van der Waals surface area contributed by atoms with Crippen molar-refractivity contribution in [3.8, 4) is 5.75 Å². The molecule has 1 fully saturated rings. The molecule has 4 N–H and O–H groups in total. The minimum atomic E-state index is -1.13. The quantitative estimate of drug-likeness (QED) is 0.624. The molecule has 0 saturated heterocycles. The first kappa shape index (κ1) is 14.5. The lowest BCUT2D eigenvalue weighted by Crippen LogP contribution is -2.35. The van der Waals surface area contributed by atoms with E-state index in [1.165, 1.54) is 12.1 Å². The number of phenolic OH excluding ortho intramolecular Hbond substituents is 1. The lowest BCUT2D eigenvalue weighted by atomic mass is 10.2. The van der Waals surface area contributed by atoms with Gasteiger partial charge in [-0.25, -0.2) is 9.59 Å². The van der Waals surface area contributed by atoms with Crippen LogP contribution in [0.15, 0.2) is 18.2 Å². The first-order valence-electron chi connectivity index (χ1n) is 6.12. The molecule has 0 spiro atoms. The van der Waals surface area contributed by atoms with Gasteiger partial charge < -0.3 is 20.8 Å². The van der Waals surface area contributed by atoms with Crippen molar-refractivity contribution in [3.63, 3.8) is 0 Å². The molecular formula is C13H16N2O4S. The third kappa shape index (κ3) is 3.36. The highest BCUT2D eigenvalue weighted by Gasteiger charge is 2.41. The zero-order valence-corrected chi connectivity index (χ0v) is 11.8. The third-order valence-corrected chi connectivity index (χ3v) is 4.72. The smallest absolute Gasteiger partial charge is 0.335 e. The van der Waals surface area contributed by atoms with Crippen molar-refractivity contribution < 1.29 is 19.8 Å². The van der Waals surface area contributed by atoms with Crippen LogP contribution in [0.5, 0.6) is 5.75 Å². The summed E-state index contributed by atoms with van der Waals surface area (Å²) in [5.74, 6) is -1.40. The summed E-state index contributed by atoms with van der Waals surface area (Å²) < 4.78 is 0.159. The number of carboxylic acid groups (broad SMARTS) is 1. The normalized spacial score (nSPS) is 15.4. The van der Waals surface area contributed by atoms with E-state index in [2.05, 4.69) is 10.6 Å². The van der Waals surface area contributed by atoms with Crippen LogP contribution in [-0.4, -0.2) is 39.8 Å². The number of aromatic carboxylic acids is 1. The highest BCUT2D eigenvalue weighted by atomic mass is 32.2. The maximum absolute atomic E-state index is 11.7. The Morgan fingerprint density at radius 3 is 2.60 bits per heavy atom. The highest BCUT2D eigenvalue weighted by Crippen LogP contribution is 2.46. The number of carboxylic acids is 1. The molecule has 1 aromatic rings. The summed E-state index contributed by atoms with van der Waals surface area (Å²) in [4.78, 5) is 22.4. The van der Waals surface area contributed by atoms with Crippen molar-refractivity contribution >= 4 is 29.4 Å². The van der Waals surface area contributed by atoms with Gasteiger partial charge in [-0.05, 0) is 37.3 Å². The molecular weight excluding hydrogens is 280 g/mol. The van der Waals surface area contributed by atoms with Crippen molar-refractivity contribution in [1.29, 1.82) is 0 Å². The summed E-state index contributed by atoms with van der Waals surface area (Å²) in [7, 11) is 0. The van der Waals surface area contributed by atoms with Gasteiger partial charge in [0.05, 0.1) is 11.3 Å². The number of amides is 2. The largest absolute Gasteiger partial charge is 0.506 e. The molecule has 1 aliphatic carbocycles. The SMILES string of the molecule is CSC1(CNC(=O)Nc2ccc(C(=O)O)cc2O)CC1. The Kier molecular flexibility index (Phi) is 4.08. The summed E-state index contributed by atoms with van der Waals surface area (Å²) in [6, 6.07) is 3.37. The summed E-state index contributed by atoms with van der Waals surface area (Å²) in [5, 5.41) is 23.7. The van der Waals surface area contributed by atoms with Crippen LogP contribution in [0.25, 0.3) is 0 Å². The number of carbonyl (C=O) groups is 2. The van der Waals surface area contributed by atoms with Gasteiger partial charge in [0.2, 0.25) is 0 Å². The second-order valence-corrected chi connectivity index (χ2v) is 6.01. The number of anilines is 1. The van der Waals surface area contributed by atoms with Crippen molar-refractivity contribution in [3.05, 3.63) is 23.8 Å². The van der Waals surface area contributed by atoms with Gasteiger partial charge in [0.15, 0.2) is 0 Å². The molecule has 6 nitrogen and oxygen atoms in total. The first-order chi connectivity index (χ1) is 9.46. The van der Waals surface area contributed by atoms with Crippen molar-refractivity contribution in [1.82, 2.24) is 5.32 Å². The van der Waals surface area contributed by atoms with E-state index in [4.69, 9.17) is 5.11 Å². The number of hydrogen-bond donors (Lipinski definition) is 4. The van der Waals surface area contributed by atoms with Crippen LogP contribution >= 0.6 is 11.8 Å². The van der Waals surface area contributed by atoms with Crippen LogP contribution in [-0.2, 0) is 0 Å².